The molecule has 122 valence electrons. The summed E-state index contributed by atoms with van der Waals surface area (Å²) >= 11 is 6.79. The van der Waals surface area contributed by atoms with Gasteiger partial charge in [0, 0.05) is 21.4 Å². The summed E-state index contributed by atoms with van der Waals surface area (Å²) < 4.78 is 2.96. The number of aryl methyl sites for hydroxylation is 1. The van der Waals surface area contributed by atoms with Crippen molar-refractivity contribution in [3.05, 3.63) is 67.5 Å². The van der Waals surface area contributed by atoms with Crippen molar-refractivity contribution in [2.45, 2.75) is 6.42 Å². The standard InChI is InChI=1S/C17H13Br2N3O2/c1-22-17(24)12-5-3-2-4-11(12)15(21-22)9-16(23)20-14-7-6-10(18)8-13(14)19/h2-8H,9H2,1H3,(H,20,23). The third-order valence-corrected chi connectivity index (χ3v) is 4.72. The quantitative estimate of drug-likeness (QED) is 0.662. The maximum absolute atomic E-state index is 12.4. The molecule has 0 radical (unpaired) electrons. The first-order chi connectivity index (χ1) is 11.5. The lowest BCUT2D eigenvalue weighted by Gasteiger charge is -2.10. The van der Waals surface area contributed by atoms with Crippen LogP contribution in [0.15, 0.2) is 56.2 Å². The Labute approximate surface area is 154 Å². The molecule has 0 bridgehead atoms. The minimum Gasteiger partial charge on any atom is -0.325 e. The molecule has 24 heavy (non-hydrogen) atoms. The number of nitrogens with zero attached hydrogens (tertiary/aromatic N) is 2. The zero-order valence-corrected chi connectivity index (χ0v) is 15.9. The van der Waals surface area contributed by atoms with Crippen molar-refractivity contribution in [1.29, 1.82) is 0 Å². The number of aromatic nitrogens is 2. The van der Waals surface area contributed by atoms with Crippen LogP contribution < -0.4 is 10.9 Å². The van der Waals surface area contributed by atoms with Crippen LogP contribution in [-0.4, -0.2) is 15.7 Å². The summed E-state index contributed by atoms with van der Waals surface area (Å²) in [7, 11) is 1.58. The number of halogens is 2. The number of hydrogen-bond acceptors (Lipinski definition) is 3. The van der Waals surface area contributed by atoms with Crippen LogP contribution in [0.3, 0.4) is 0 Å². The number of nitrogens with one attached hydrogen (secondary N) is 1. The topological polar surface area (TPSA) is 64.0 Å². The summed E-state index contributed by atoms with van der Waals surface area (Å²) in [4.78, 5) is 24.5. The van der Waals surface area contributed by atoms with Gasteiger partial charge in [0.15, 0.2) is 0 Å². The van der Waals surface area contributed by atoms with E-state index in [0.29, 0.717) is 22.2 Å². The molecule has 1 heterocycles. The van der Waals surface area contributed by atoms with E-state index in [0.717, 1.165) is 8.95 Å². The molecule has 0 saturated carbocycles. The first-order valence-electron chi connectivity index (χ1n) is 7.15. The molecule has 1 amide bonds. The molecule has 0 aliphatic heterocycles. The molecular formula is C17H13Br2N3O2. The predicted molar refractivity (Wildman–Crippen MR) is 101 cm³/mol. The molecule has 0 spiro atoms. The van der Waals surface area contributed by atoms with E-state index >= 15 is 0 Å². The highest BCUT2D eigenvalue weighted by molar-refractivity contribution is 9.11. The Hall–Kier alpha value is -1.99. The number of amides is 1. The number of hydrogen-bond donors (Lipinski definition) is 1. The van der Waals surface area contributed by atoms with Crippen LogP contribution in [0.1, 0.15) is 5.69 Å². The number of rotatable bonds is 3. The van der Waals surface area contributed by atoms with Gasteiger partial charge in [-0.2, -0.15) is 5.10 Å². The van der Waals surface area contributed by atoms with Crippen LogP contribution >= 0.6 is 31.9 Å². The molecule has 0 aliphatic rings. The van der Waals surface area contributed by atoms with Crippen LogP contribution in [0.25, 0.3) is 10.8 Å². The maximum Gasteiger partial charge on any atom is 0.274 e. The summed E-state index contributed by atoms with van der Waals surface area (Å²) in [6, 6.07) is 12.7. The highest BCUT2D eigenvalue weighted by atomic mass is 79.9. The molecule has 0 atom stereocenters. The number of anilines is 1. The number of carbonyl (C=O) groups excluding carboxylic acids is 1. The van der Waals surface area contributed by atoms with E-state index in [1.54, 1.807) is 25.2 Å². The summed E-state index contributed by atoms with van der Waals surface area (Å²) in [6.07, 6.45) is 0.0805. The molecule has 0 fully saturated rings. The van der Waals surface area contributed by atoms with Gasteiger partial charge in [0.25, 0.3) is 5.56 Å². The third-order valence-electron chi connectivity index (χ3n) is 3.57. The van der Waals surface area contributed by atoms with Crippen molar-refractivity contribution in [2.75, 3.05) is 5.32 Å². The van der Waals surface area contributed by atoms with Gasteiger partial charge in [-0.25, -0.2) is 4.68 Å². The molecule has 7 heteroatoms. The summed E-state index contributed by atoms with van der Waals surface area (Å²) in [5.41, 5.74) is 1.07. The Morgan fingerprint density at radius 2 is 1.88 bits per heavy atom. The molecule has 1 aromatic heterocycles. The van der Waals surface area contributed by atoms with Crippen LogP contribution in [0, 0.1) is 0 Å². The monoisotopic (exact) mass is 449 g/mol. The van der Waals surface area contributed by atoms with Gasteiger partial charge < -0.3 is 5.32 Å². The van der Waals surface area contributed by atoms with E-state index in [-0.39, 0.29) is 17.9 Å². The second kappa shape index (κ2) is 6.86. The van der Waals surface area contributed by atoms with Gasteiger partial charge in [-0.15, -0.1) is 0 Å². The zero-order chi connectivity index (χ0) is 17.3. The van der Waals surface area contributed by atoms with E-state index in [9.17, 15) is 9.59 Å². The minimum absolute atomic E-state index is 0.0805. The van der Waals surface area contributed by atoms with Crippen molar-refractivity contribution in [3.63, 3.8) is 0 Å². The zero-order valence-electron chi connectivity index (χ0n) is 12.7. The highest BCUT2D eigenvalue weighted by Crippen LogP contribution is 2.26. The fourth-order valence-corrected chi connectivity index (χ4v) is 3.59. The van der Waals surface area contributed by atoms with E-state index < -0.39 is 0 Å². The van der Waals surface area contributed by atoms with E-state index in [1.807, 2.05) is 24.3 Å². The first kappa shape index (κ1) is 16.9. The average molecular weight is 451 g/mol. The smallest absolute Gasteiger partial charge is 0.274 e. The second-order valence-electron chi connectivity index (χ2n) is 5.27. The van der Waals surface area contributed by atoms with Crippen LogP contribution in [0.4, 0.5) is 5.69 Å². The normalized spacial score (nSPS) is 10.8. The molecule has 3 rings (SSSR count). The van der Waals surface area contributed by atoms with E-state index in [4.69, 9.17) is 0 Å². The lowest BCUT2D eigenvalue weighted by molar-refractivity contribution is -0.115. The van der Waals surface area contributed by atoms with Crippen molar-refractivity contribution in [2.24, 2.45) is 7.05 Å². The van der Waals surface area contributed by atoms with Crippen molar-refractivity contribution < 1.29 is 4.79 Å². The molecule has 3 aromatic rings. The Bertz CT molecular complexity index is 999. The lowest BCUT2D eigenvalue weighted by atomic mass is 10.1. The summed E-state index contributed by atoms with van der Waals surface area (Å²) in [5, 5.41) is 8.35. The second-order valence-corrected chi connectivity index (χ2v) is 7.04. The van der Waals surface area contributed by atoms with Crippen molar-refractivity contribution in [1.82, 2.24) is 9.78 Å². The molecule has 0 saturated heterocycles. The number of carbonyl (C=O) groups is 1. The maximum atomic E-state index is 12.4. The van der Waals surface area contributed by atoms with E-state index in [1.165, 1.54) is 4.68 Å². The first-order valence-corrected chi connectivity index (χ1v) is 8.74. The van der Waals surface area contributed by atoms with Crippen LogP contribution in [0.2, 0.25) is 0 Å². The van der Waals surface area contributed by atoms with Gasteiger partial charge in [-0.1, -0.05) is 34.1 Å². The molecule has 0 aliphatic carbocycles. The highest BCUT2D eigenvalue weighted by Gasteiger charge is 2.13. The summed E-state index contributed by atoms with van der Waals surface area (Å²) in [6.45, 7) is 0. The predicted octanol–water partition coefficient (Wildman–Crippen LogP) is 3.64. The number of fused-ring (bicyclic) bond motifs is 1. The van der Waals surface area contributed by atoms with Gasteiger partial charge in [0.1, 0.15) is 0 Å². The molecule has 2 aromatic carbocycles. The Morgan fingerprint density at radius 1 is 1.17 bits per heavy atom. The van der Waals surface area contributed by atoms with Crippen LogP contribution in [0.5, 0.6) is 0 Å². The van der Waals surface area contributed by atoms with Gasteiger partial charge in [0.05, 0.1) is 23.2 Å². The Kier molecular flexibility index (Phi) is 4.82. The molecule has 5 nitrogen and oxygen atoms in total. The van der Waals surface area contributed by atoms with Crippen molar-refractivity contribution >= 4 is 54.2 Å². The fraction of sp³-hybridized carbons (Fsp3) is 0.118. The largest absolute Gasteiger partial charge is 0.325 e. The lowest BCUT2D eigenvalue weighted by Crippen LogP contribution is -2.24. The van der Waals surface area contributed by atoms with Gasteiger partial charge in [-0.05, 0) is 40.2 Å². The van der Waals surface area contributed by atoms with Gasteiger partial charge in [-0.3, -0.25) is 9.59 Å². The molecule has 1 N–H and O–H groups in total. The fourth-order valence-electron chi connectivity index (χ4n) is 2.44. The summed E-state index contributed by atoms with van der Waals surface area (Å²) in [5.74, 6) is -0.200. The van der Waals surface area contributed by atoms with Crippen LogP contribution in [-0.2, 0) is 18.3 Å². The average Bonchev–Trinajstić information content (AvgIpc) is 2.55. The SMILES string of the molecule is Cn1nc(CC(=O)Nc2ccc(Br)cc2Br)c2ccccc2c1=O. The third kappa shape index (κ3) is 3.42. The molecular weight excluding hydrogens is 438 g/mol. The number of benzene rings is 2. The Morgan fingerprint density at radius 3 is 2.58 bits per heavy atom. The van der Waals surface area contributed by atoms with E-state index in [2.05, 4.69) is 42.3 Å². The minimum atomic E-state index is -0.200. The van der Waals surface area contributed by atoms with Gasteiger partial charge in [0.2, 0.25) is 5.91 Å². The molecule has 0 unspecified atom stereocenters. The Balaban J connectivity index is 1.91. The van der Waals surface area contributed by atoms with Crippen molar-refractivity contribution in [3.8, 4) is 0 Å². The van der Waals surface area contributed by atoms with Gasteiger partial charge >= 0.3 is 0 Å².